The molecule has 0 radical (unpaired) electrons. The molecule has 24 heavy (non-hydrogen) atoms. The SMILES string of the molecule is CC[C@H](O)c1cc2n(n1)CCCN(Cc1[nH]cc(C)c(=O)c1C)C2. The Balaban J connectivity index is 1.80. The summed E-state index contributed by atoms with van der Waals surface area (Å²) in [6.45, 7) is 9.00. The fourth-order valence-corrected chi connectivity index (χ4v) is 3.25. The molecule has 0 amide bonds. The van der Waals surface area contributed by atoms with E-state index in [4.69, 9.17) is 0 Å². The van der Waals surface area contributed by atoms with Gasteiger partial charge in [0.25, 0.3) is 0 Å². The summed E-state index contributed by atoms with van der Waals surface area (Å²) in [6.07, 6.45) is 2.98. The smallest absolute Gasteiger partial charge is 0.187 e. The maximum absolute atomic E-state index is 12.1. The summed E-state index contributed by atoms with van der Waals surface area (Å²) in [6, 6.07) is 2.01. The Labute approximate surface area is 142 Å². The number of pyridine rings is 1. The van der Waals surface area contributed by atoms with Crippen molar-refractivity contribution in [3.63, 3.8) is 0 Å². The molecule has 0 spiro atoms. The van der Waals surface area contributed by atoms with Crippen LogP contribution in [0.3, 0.4) is 0 Å². The molecule has 0 unspecified atom stereocenters. The third-order valence-corrected chi connectivity index (χ3v) is 4.84. The van der Waals surface area contributed by atoms with Crippen molar-refractivity contribution in [2.45, 2.75) is 59.4 Å². The summed E-state index contributed by atoms with van der Waals surface area (Å²) >= 11 is 0. The van der Waals surface area contributed by atoms with Crippen molar-refractivity contribution in [2.75, 3.05) is 6.54 Å². The average molecular weight is 330 g/mol. The van der Waals surface area contributed by atoms with Gasteiger partial charge in [0.1, 0.15) is 0 Å². The van der Waals surface area contributed by atoms with Gasteiger partial charge in [-0.05, 0) is 32.8 Å². The molecule has 1 aliphatic heterocycles. The zero-order chi connectivity index (χ0) is 17.3. The number of aliphatic hydroxyl groups is 1. The van der Waals surface area contributed by atoms with Crippen LogP contribution in [0.15, 0.2) is 17.1 Å². The molecule has 1 aliphatic rings. The first kappa shape index (κ1) is 16.9. The van der Waals surface area contributed by atoms with Crippen LogP contribution in [-0.4, -0.2) is 31.3 Å². The molecule has 0 saturated carbocycles. The van der Waals surface area contributed by atoms with Crippen LogP contribution in [0.1, 0.15) is 54.1 Å². The number of hydrogen-bond donors (Lipinski definition) is 2. The number of hydrogen-bond acceptors (Lipinski definition) is 4. The van der Waals surface area contributed by atoms with Crippen molar-refractivity contribution in [1.82, 2.24) is 19.7 Å². The maximum atomic E-state index is 12.1. The Morgan fingerprint density at radius 1 is 1.38 bits per heavy atom. The Hall–Kier alpha value is -1.92. The van der Waals surface area contributed by atoms with Gasteiger partial charge in [-0.15, -0.1) is 0 Å². The second-order valence-corrected chi connectivity index (χ2v) is 6.68. The van der Waals surface area contributed by atoms with E-state index in [9.17, 15) is 9.90 Å². The van der Waals surface area contributed by atoms with E-state index in [1.54, 1.807) is 6.20 Å². The van der Waals surface area contributed by atoms with Gasteiger partial charge in [0.05, 0.1) is 17.5 Å². The summed E-state index contributed by atoms with van der Waals surface area (Å²) in [5, 5.41) is 14.6. The fourth-order valence-electron chi connectivity index (χ4n) is 3.25. The minimum atomic E-state index is -0.492. The molecular weight excluding hydrogens is 304 g/mol. The second-order valence-electron chi connectivity index (χ2n) is 6.68. The molecule has 1 atom stereocenters. The van der Waals surface area contributed by atoms with E-state index < -0.39 is 6.10 Å². The molecule has 6 heteroatoms. The average Bonchev–Trinajstić information content (AvgIpc) is 2.88. The molecule has 0 saturated heterocycles. The summed E-state index contributed by atoms with van der Waals surface area (Å²) in [7, 11) is 0. The number of rotatable bonds is 4. The number of aromatic amines is 1. The zero-order valence-corrected chi connectivity index (χ0v) is 14.7. The van der Waals surface area contributed by atoms with E-state index in [1.807, 2.05) is 31.5 Å². The number of nitrogens with one attached hydrogen (secondary N) is 1. The molecular formula is C18H26N4O2. The highest BCUT2D eigenvalue weighted by molar-refractivity contribution is 5.23. The normalized spacial score (nSPS) is 16.7. The lowest BCUT2D eigenvalue weighted by Gasteiger charge is -2.20. The van der Waals surface area contributed by atoms with Gasteiger partial charge in [-0.25, -0.2) is 0 Å². The lowest BCUT2D eigenvalue weighted by molar-refractivity contribution is 0.167. The number of H-pyrrole nitrogens is 1. The maximum Gasteiger partial charge on any atom is 0.187 e. The van der Waals surface area contributed by atoms with Crippen LogP contribution < -0.4 is 5.43 Å². The van der Waals surface area contributed by atoms with E-state index >= 15 is 0 Å². The highest BCUT2D eigenvalue weighted by Crippen LogP contribution is 2.21. The zero-order valence-electron chi connectivity index (χ0n) is 14.7. The largest absolute Gasteiger partial charge is 0.387 e. The minimum absolute atomic E-state index is 0.122. The van der Waals surface area contributed by atoms with E-state index in [-0.39, 0.29) is 5.43 Å². The number of aryl methyl sites for hydroxylation is 2. The van der Waals surface area contributed by atoms with Crippen molar-refractivity contribution >= 4 is 0 Å². The second kappa shape index (κ2) is 6.91. The lowest BCUT2D eigenvalue weighted by Crippen LogP contribution is -2.25. The van der Waals surface area contributed by atoms with Gasteiger partial charge in [-0.1, -0.05) is 6.92 Å². The van der Waals surface area contributed by atoms with Gasteiger partial charge < -0.3 is 10.1 Å². The summed E-state index contributed by atoms with van der Waals surface area (Å²) < 4.78 is 2.01. The number of fused-ring (bicyclic) bond motifs is 1. The molecule has 3 rings (SSSR count). The van der Waals surface area contributed by atoms with E-state index in [2.05, 4.69) is 15.0 Å². The highest BCUT2D eigenvalue weighted by Gasteiger charge is 2.20. The van der Waals surface area contributed by atoms with Crippen molar-refractivity contribution in [3.05, 3.63) is 50.7 Å². The van der Waals surface area contributed by atoms with Crippen molar-refractivity contribution in [3.8, 4) is 0 Å². The third-order valence-electron chi connectivity index (χ3n) is 4.84. The first-order valence-electron chi connectivity index (χ1n) is 8.64. The third kappa shape index (κ3) is 3.30. The van der Waals surface area contributed by atoms with Gasteiger partial charge in [-0.3, -0.25) is 14.4 Å². The van der Waals surface area contributed by atoms with Crippen molar-refractivity contribution < 1.29 is 5.11 Å². The monoisotopic (exact) mass is 330 g/mol. The number of aromatic nitrogens is 3. The molecule has 3 heterocycles. The lowest BCUT2D eigenvalue weighted by atomic mass is 10.1. The Morgan fingerprint density at radius 3 is 2.92 bits per heavy atom. The summed E-state index contributed by atoms with van der Waals surface area (Å²) in [5.41, 5.74) is 4.54. The first-order chi connectivity index (χ1) is 11.5. The van der Waals surface area contributed by atoms with Crippen LogP contribution in [0.2, 0.25) is 0 Å². The molecule has 2 aromatic rings. The van der Waals surface area contributed by atoms with Gasteiger partial charge in [0.2, 0.25) is 0 Å². The minimum Gasteiger partial charge on any atom is -0.387 e. The van der Waals surface area contributed by atoms with E-state index in [0.717, 1.165) is 60.8 Å². The quantitative estimate of drug-likeness (QED) is 0.900. The predicted molar refractivity (Wildman–Crippen MR) is 92.7 cm³/mol. The molecule has 0 aromatic carbocycles. The van der Waals surface area contributed by atoms with E-state index in [0.29, 0.717) is 6.42 Å². The highest BCUT2D eigenvalue weighted by atomic mass is 16.3. The van der Waals surface area contributed by atoms with Crippen molar-refractivity contribution in [1.29, 1.82) is 0 Å². The summed E-state index contributed by atoms with van der Waals surface area (Å²) in [4.78, 5) is 17.7. The topological polar surface area (TPSA) is 74.2 Å². The van der Waals surface area contributed by atoms with Gasteiger partial charge in [0.15, 0.2) is 5.43 Å². The predicted octanol–water partition coefficient (Wildman–Crippen LogP) is 2.04. The van der Waals surface area contributed by atoms with Crippen LogP contribution >= 0.6 is 0 Å². The molecule has 0 fully saturated rings. The number of aliphatic hydroxyl groups excluding tert-OH is 1. The van der Waals surface area contributed by atoms with Crippen LogP contribution in [0, 0.1) is 13.8 Å². The van der Waals surface area contributed by atoms with Crippen LogP contribution in [0.4, 0.5) is 0 Å². The Kier molecular flexibility index (Phi) is 4.87. The van der Waals surface area contributed by atoms with Gasteiger partial charge in [0, 0.05) is 49.2 Å². The summed E-state index contributed by atoms with van der Waals surface area (Å²) in [5.74, 6) is 0. The molecule has 2 aromatic heterocycles. The van der Waals surface area contributed by atoms with Crippen LogP contribution in [-0.2, 0) is 19.6 Å². The van der Waals surface area contributed by atoms with Crippen molar-refractivity contribution in [2.24, 2.45) is 0 Å². The molecule has 6 nitrogen and oxygen atoms in total. The Morgan fingerprint density at radius 2 is 2.17 bits per heavy atom. The Bertz CT molecular complexity index is 778. The molecule has 0 aliphatic carbocycles. The van der Waals surface area contributed by atoms with Gasteiger partial charge in [-0.2, -0.15) is 5.10 Å². The first-order valence-corrected chi connectivity index (χ1v) is 8.64. The molecule has 130 valence electrons. The number of nitrogens with zero attached hydrogens (tertiary/aromatic N) is 3. The fraction of sp³-hybridized carbons (Fsp3) is 0.556. The van der Waals surface area contributed by atoms with Gasteiger partial charge >= 0.3 is 0 Å². The standard InChI is InChI=1S/C18H26N4O2/c1-4-17(23)15-8-14-10-21(6-5-7-22(14)20-15)11-16-13(3)18(24)12(2)9-19-16/h8-9,17,23H,4-7,10-11H2,1-3H3,(H,19,24)/t17-/m0/s1. The van der Waals surface area contributed by atoms with Crippen LogP contribution in [0.5, 0.6) is 0 Å². The molecule has 0 bridgehead atoms. The van der Waals surface area contributed by atoms with E-state index in [1.165, 1.54) is 0 Å². The van der Waals surface area contributed by atoms with Crippen LogP contribution in [0.25, 0.3) is 0 Å². The molecule has 2 N–H and O–H groups in total.